The Morgan fingerprint density at radius 3 is 1.43 bits per heavy atom. The van der Waals surface area contributed by atoms with Gasteiger partial charge in [0.05, 0.1) is 35.7 Å². The maximum absolute atomic E-state index is 13.2. The van der Waals surface area contributed by atoms with Gasteiger partial charge in [0.1, 0.15) is 15.9 Å². The van der Waals surface area contributed by atoms with E-state index in [1.54, 1.807) is 59.8 Å². The van der Waals surface area contributed by atoms with Gasteiger partial charge < -0.3 is 35.1 Å². The fourth-order valence-corrected chi connectivity index (χ4v) is 18.7. The molecule has 0 radical (unpaired) electrons. The van der Waals surface area contributed by atoms with Crippen LogP contribution in [0.3, 0.4) is 0 Å². The minimum atomic E-state index is -4.32. The van der Waals surface area contributed by atoms with Crippen molar-refractivity contribution in [1.29, 1.82) is 0 Å². The van der Waals surface area contributed by atoms with Crippen molar-refractivity contribution in [3.63, 3.8) is 0 Å². The predicted octanol–water partition coefficient (Wildman–Crippen LogP) is 10.2. The smallest absolute Gasteiger partial charge is 0.410 e. The molecule has 8 heterocycles. The van der Waals surface area contributed by atoms with Gasteiger partial charge in [0.25, 0.3) is 31.9 Å². The van der Waals surface area contributed by atoms with Crippen molar-refractivity contribution in [1.82, 2.24) is 69.8 Å². The second-order valence-corrected chi connectivity index (χ2v) is 34.2. The van der Waals surface area contributed by atoms with Crippen molar-refractivity contribution >= 4 is 61.2 Å². The van der Waals surface area contributed by atoms with Gasteiger partial charge in [-0.25, -0.2) is 43.5 Å². The van der Waals surface area contributed by atoms with Crippen LogP contribution in [0.4, 0.5) is 4.79 Å². The summed E-state index contributed by atoms with van der Waals surface area (Å²) in [5, 5.41) is 18.2. The minimum absolute atomic E-state index is 0.0810. The molecule has 6 saturated carbocycles. The number of hydrogen-bond donors (Lipinski definition) is 5. The molecule has 3 amide bonds. The topological polar surface area (TPSA) is 298 Å². The quantitative estimate of drug-likeness (QED) is 0.0249. The Balaban J connectivity index is 0.000000177. The number of halogens is 2. The van der Waals surface area contributed by atoms with Gasteiger partial charge in [-0.3, -0.25) is 9.59 Å². The molecular formula is C69H88Cl2N14O10S2. The number of carbonyl (C=O) groups excluding carboxylic acids is 3. The van der Waals surface area contributed by atoms with Crippen molar-refractivity contribution in [2.45, 2.75) is 178 Å². The number of hydrogen-bond acceptors (Lipinski definition) is 19. The number of amides is 3. The number of aromatic nitrogens is 8. The van der Waals surface area contributed by atoms with Crippen LogP contribution in [0.5, 0.6) is 11.8 Å². The molecule has 97 heavy (non-hydrogen) atoms. The summed E-state index contributed by atoms with van der Waals surface area (Å²) in [6.07, 6.45) is 20.1. The highest BCUT2D eigenvalue weighted by Gasteiger charge is 2.86. The summed E-state index contributed by atoms with van der Waals surface area (Å²) >= 11 is 12.7. The first-order chi connectivity index (χ1) is 46.0. The molecule has 0 bridgehead atoms. The van der Waals surface area contributed by atoms with Crippen molar-refractivity contribution in [2.24, 2.45) is 45.3 Å². The number of carbonyl (C=O) groups is 3. The molecule has 6 aromatic heterocycles. The third kappa shape index (κ3) is 14.8. The summed E-state index contributed by atoms with van der Waals surface area (Å²) < 4.78 is 77.0. The molecule has 8 fully saturated rings. The molecule has 2 atom stereocenters. The molecular weight excluding hydrogens is 1320 g/mol. The Morgan fingerprint density at radius 2 is 1.03 bits per heavy atom. The lowest BCUT2D eigenvalue weighted by atomic mass is 9.94. The number of pyridine rings is 4. The Bertz CT molecular complexity index is 4180. The van der Waals surface area contributed by atoms with Crippen LogP contribution < -0.4 is 34.9 Å². The number of likely N-dealkylation sites (tertiary alicyclic amines) is 1. The molecule has 520 valence electrons. The molecule has 24 nitrogen and oxygen atoms in total. The number of ether oxygens (including phenoxy) is 3. The van der Waals surface area contributed by atoms with E-state index in [4.69, 9.17) is 37.4 Å². The first kappa shape index (κ1) is 68.7. The third-order valence-electron chi connectivity index (χ3n) is 21.6. The van der Waals surface area contributed by atoms with Crippen LogP contribution in [0.1, 0.15) is 170 Å². The van der Waals surface area contributed by atoms with Crippen LogP contribution in [0.2, 0.25) is 10.3 Å². The van der Waals surface area contributed by atoms with E-state index in [-0.39, 0.29) is 54.6 Å². The number of rotatable bonds is 26. The van der Waals surface area contributed by atoms with Crippen LogP contribution in [-0.4, -0.2) is 135 Å². The van der Waals surface area contributed by atoms with Gasteiger partial charge in [-0.2, -0.15) is 16.8 Å². The zero-order chi connectivity index (χ0) is 68.6. The maximum Gasteiger partial charge on any atom is 0.410 e. The van der Waals surface area contributed by atoms with E-state index in [0.29, 0.717) is 102 Å². The fourth-order valence-electron chi connectivity index (χ4n) is 16.4. The van der Waals surface area contributed by atoms with E-state index in [1.807, 2.05) is 34.6 Å². The Labute approximate surface area is 577 Å². The molecule has 8 aliphatic rings. The number of nitrogens with one attached hydrogen (secondary N) is 5. The van der Waals surface area contributed by atoms with Crippen LogP contribution in [0.25, 0.3) is 11.6 Å². The van der Waals surface area contributed by atoms with Crippen molar-refractivity contribution in [3.8, 4) is 23.4 Å². The van der Waals surface area contributed by atoms with E-state index in [9.17, 15) is 31.2 Å². The van der Waals surface area contributed by atoms with Gasteiger partial charge in [-0.05, 0) is 252 Å². The second kappa shape index (κ2) is 26.0. The molecule has 0 unspecified atom stereocenters. The van der Waals surface area contributed by atoms with Crippen LogP contribution >= 0.6 is 23.2 Å². The average molecular weight is 1410 g/mol. The highest BCUT2D eigenvalue weighted by Crippen LogP contribution is 2.94. The lowest BCUT2D eigenvalue weighted by Crippen LogP contribution is -2.45. The van der Waals surface area contributed by atoms with Crippen LogP contribution in [0, 0.1) is 45.3 Å². The maximum atomic E-state index is 13.2. The standard InChI is InChI=1S/C37H48ClN7O6S.C32H40ClN7O4S/c1-34(2,3)51-33(47)44-23-24(21-35(44,4)5)11-18-39-22-25-7-6-8-30(40-25)52(48,49)43-32(46)26-9-10-28(41-31(26)38)45-19-12-29(42-45)50-20-13-27-36(14-15-36)37(27)16-17-37;1-30(2)18-21(19-35-30)8-15-34-20-22-4-3-5-27(36-22)45(42,43)39-29(41)23-6-7-25(37-28(23)33)40-16-9-26(38-40)44-17-10-24-31(11-12-31)32(24)13-14-32/h6-10,12,19,24,27,39H,11,13-18,20-23H2,1-5H3,(H,43,46);3-7,9,16,21,24,34-35H,8,10-15,17-20H2,1-2H3,(H,39,41)/t24-;21-/m00/s1. The van der Waals surface area contributed by atoms with Gasteiger partial charge in [0.2, 0.25) is 11.8 Å². The van der Waals surface area contributed by atoms with Crippen LogP contribution in [-0.2, 0) is 37.9 Å². The van der Waals surface area contributed by atoms with Gasteiger partial charge in [-0.1, -0.05) is 35.3 Å². The summed E-state index contributed by atoms with van der Waals surface area (Å²) in [5.74, 6) is 2.39. The van der Waals surface area contributed by atoms with Crippen molar-refractivity contribution < 1.29 is 45.4 Å². The largest absolute Gasteiger partial charge is 0.477 e. The highest BCUT2D eigenvalue weighted by atomic mass is 35.5. The summed E-state index contributed by atoms with van der Waals surface area (Å²) in [4.78, 5) is 57.6. The molecule has 6 aliphatic carbocycles. The zero-order valence-electron chi connectivity index (χ0n) is 56.1. The van der Waals surface area contributed by atoms with Crippen molar-refractivity contribution in [2.75, 3.05) is 39.4 Å². The zero-order valence-corrected chi connectivity index (χ0v) is 59.3. The van der Waals surface area contributed by atoms with Crippen LogP contribution in [0.15, 0.2) is 95.2 Å². The number of fused-ring (bicyclic) bond motifs is 2. The summed E-state index contributed by atoms with van der Waals surface area (Å²) in [7, 11) is -8.56. The van der Waals surface area contributed by atoms with Crippen molar-refractivity contribution in [3.05, 3.63) is 118 Å². The van der Waals surface area contributed by atoms with E-state index in [0.717, 1.165) is 63.5 Å². The van der Waals surface area contributed by atoms with Gasteiger partial charge >= 0.3 is 6.09 Å². The molecule has 2 saturated heterocycles. The van der Waals surface area contributed by atoms with Gasteiger partial charge in [-0.15, -0.1) is 10.2 Å². The second-order valence-electron chi connectivity index (χ2n) is 30.3. The van der Waals surface area contributed by atoms with E-state index < -0.39 is 37.5 Å². The van der Waals surface area contributed by atoms with E-state index in [1.165, 1.54) is 91.1 Å². The Kier molecular flexibility index (Phi) is 18.4. The lowest BCUT2D eigenvalue weighted by molar-refractivity contribution is 0.0130. The minimum Gasteiger partial charge on any atom is -0.477 e. The SMILES string of the molecule is CC(C)(C)OC(=O)N1C[C@@H](CCNCc2cccc(S(=O)(=O)NC(=O)c3ccc(-n4ccc(OCCC5C6(CC6)C56CC6)n4)nc3Cl)n2)CC1(C)C.CC1(C)C[C@H](CCNCc2cccc(S(=O)(=O)NC(=O)c3ccc(-n4ccc(OCCC5C6(CC6)C56CC6)n4)nc3Cl)n2)CN1. The van der Waals surface area contributed by atoms with E-state index >= 15 is 0 Å². The molecule has 5 N–H and O–H groups in total. The summed E-state index contributed by atoms with van der Waals surface area (Å²) in [6, 6.07) is 18.7. The van der Waals surface area contributed by atoms with E-state index in [2.05, 4.69) is 69.4 Å². The van der Waals surface area contributed by atoms with Gasteiger partial charge in [0, 0.05) is 55.2 Å². The Morgan fingerprint density at radius 1 is 0.588 bits per heavy atom. The first-order valence-corrected chi connectivity index (χ1v) is 37.7. The third-order valence-corrected chi connectivity index (χ3v) is 24.6. The molecule has 4 spiro atoms. The lowest BCUT2D eigenvalue weighted by Gasteiger charge is -2.33. The summed E-state index contributed by atoms with van der Waals surface area (Å²) in [6.45, 7) is 19.1. The fraction of sp³-hybridized carbons (Fsp3) is 0.580. The molecule has 6 aromatic rings. The Hall–Kier alpha value is -6.81. The monoisotopic (exact) mass is 1410 g/mol. The molecule has 2 aliphatic heterocycles. The first-order valence-electron chi connectivity index (χ1n) is 34.0. The molecule has 28 heteroatoms. The summed E-state index contributed by atoms with van der Waals surface area (Å²) in [5.41, 5.74) is 2.79. The number of sulfonamides is 2. The highest BCUT2D eigenvalue weighted by molar-refractivity contribution is 7.90. The normalized spacial score (nSPS) is 21.5. The number of nitrogens with zero attached hydrogens (tertiary/aromatic N) is 9. The predicted molar refractivity (Wildman–Crippen MR) is 362 cm³/mol. The molecule has 0 aromatic carbocycles. The molecule has 14 rings (SSSR count). The average Bonchev–Trinajstić information content (AvgIpc) is 1.45. The van der Waals surface area contributed by atoms with Gasteiger partial charge in [0.15, 0.2) is 21.7 Å².